The maximum Gasteiger partial charge on any atom is 0.292 e. The first kappa shape index (κ1) is 23.5. The molecule has 1 spiro atoms. The largest absolute Gasteiger partial charge is 0.486 e. The molecule has 0 saturated carbocycles. The van der Waals surface area contributed by atoms with E-state index in [4.69, 9.17) is 19.7 Å². The average molecular weight is 490 g/mol. The molecule has 5 rings (SSSR count). The van der Waals surface area contributed by atoms with Crippen molar-refractivity contribution in [2.75, 3.05) is 39.0 Å². The van der Waals surface area contributed by atoms with Gasteiger partial charge in [-0.15, -0.1) is 0 Å². The van der Waals surface area contributed by atoms with Crippen molar-refractivity contribution in [2.24, 2.45) is 5.16 Å². The summed E-state index contributed by atoms with van der Waals surface area (Å²) in [7, 11) is 1.45. The molecule has 2 N–H and O–H groups in total. The Kier molecular flexibility index (Phi) is 6.12. The monoisotopic (exact) mass is 489 g/mol. The van der Waals surface area contributed by atoms with Gasteiger partial charge in [0.05, 0.1) is 11.4 Å². The maximum atomic E-state index is 15.7. The van der Waals surface area contributed by atoms with Crippen molar-refractivity contribution >= 4 is 17.6 Å². The second-order valence-corrected chi connectivity index (χ2v) is 9.53. The fraction of sp³-hybridized carbons (Fsp3) is 0.542. The maximum absolute atomic E-state index is 15.7. The van der Waals surface area contributed by atoms with E-state index in [1.54, 1.807) is 11.0 Å². The number of nitrogens with zero attached hydrogens (tertiary/aromatic N) is 4. The number of amides is 1. The summed E-state index contributed by atoms with van der Waals surface area (Å²) in [4.78, 5) is 25.9. The fourth-order valence-corrected chi connectivity index (χ4v) is 5.26. The molecule has 0 aliphatic carbocycles. The van der Waals surface area contributed by atoms with E-state index in [0.29, 0.717) is 74.7 Å². The predicted octanol–water partition coefficient (Wildman–Crippen LogP) is 2.89. The van der Waals surface area contributed by atoms with Crippen LogP contribution in [0, 0.1) is 5.82 Å². The van der Waals surface area contributed by atoms with E-state index in [0.717, 1.165) is 0 Å². The van der Waals surface area contributed by atoms with Gasteiger partial charge in [0.1, 0.15) is 30.5 Å². The van der Waals surface area contributed by atoms with Gasteiger partial charge in [0, 0.05) is 70.4 Å². The highest BCUT2D eigenvalue weighted by Crippen LogP contribution is 2.41. The van der Waals surface area contributed by atoms with Crippen LogP contribution in [0.25, 0.3) is 0 Å². The Balaban J connectivity index is 1.20. The number of piperidine rings is 2. The molecule has 2 aromatic rings. The number of hydrogen-bond donors (Lipinski definition) is 1. The molecule has 1 aromatic heterocycles. The van der Waals surface area contributed by atoms with Gasteiger partial charge in [0.2, 0.25) is 0 Å². The Morgan fingerprint density at radius 1 is 1.23 bits per heavy atom. The van der Waals surface area contributed by atoms with Crippen LogP contribution in [0.2, 0.25) is 0 Å². The van der Waals surface area contributed by atoms with Gasteiger partial charge in [-0.1, -0.05) is 5.16 Å². The van der Waals surface area contributed by atoms with Crippen LogP contribution in [-0.4, -0.2) is 71.0 Å². The van der Waals surface area contributed by atoms with Crippen molar-refractivity contribution in [3.63, 3.8) is 0 Å². The minimum Gasteiger partial charge on any atom is -0.486 e. The van der Waals surface area contributed by atoms with Crippen molar-refractivity contribution < 1.29 is 27.6 Å². The number of oxime groups is 1. The Labute approximate surface area is 201 Å². The fourth-order valence-electron chi connectivity index (χ4n) is 5.26. The molecule has 0 unspecified atom stereocenters. The molecule has 2 saturated heterocycles. The van der Waals surface area contributed by atoms with Gasteiger partial charge >= 0.3 is 0 Å². The van der Waals surface area contributed by atoms with Crippen molar-refractivity contribution in [1.82, 2.24) is 14.8 Å². The summed E-state index contributed by atoms with van der Waals surface area (Å²) in [5.74, 6) is -0.296. The smallest absolute Gasteiger partial charge is 0.292 e. The first-order chi connectivity index (χ1) is 16.8. The molecule has 35 heavy (non-hydrogen) atoms. The molecule has 4 heterocycles. The summed E-state index contributed by atoms with van der Waals surface area (Å²) >= 11 is 0. The lowest BCUT2D eigenvalue weighted by atomic mass is 9.81. The lowest BCUT2D eigenvalue weighted by molar-refractivity contribution is -0.151. The molecule has 1 amide bonds. The SMILES string of the molecule is CO/N=C1\CC2(CCN(C(=O)C3(F)CCN(Cc4coc(N)n4)CC3)CC2)Oc2ccc(F)cc21. The number of alkyl halides is 1. The van der Waals surface area contributed by atoms with Crippen LogP contribution in [0.3, 0.4) is 0 Å². The van der Waals surface area contributed by atoms with Crippen LogP contribution in [0.1, 0.15) is 43.4 Å². The molecule has 2 fully saturated rings. The van der Waals surface area contributed by atoms with Crippen LogP contribution in [-0.2, 0) is 16.2 Å². The zero-order chi connectivity index (χ0) is 24.6. The number of nitrogens with two attached hydrogens (primary N) is 1. The number of oxazole rings is 1. The molecular weight excluding hydrogens is 460 g/mol. The molecule has 11 heteroatoms. The summed E-state index contributed by atoms with van der Waals surface area (Å²) < 4.78 is 40.8. The molecule has 0 radical (unpaired) electrons. The Morgan fingerprint density at radius 3 is 2.63 bits per heavy atom. The third-order valence-corrected chi connectivity index (χ3v) is 7.22. The first-order valence-corrected chi connectivity index (χ1v) is 11.8. The average Bonchev–Trinajstić information content (AvgIpc) is 3.26. The number of halogens is 2. The topological polar surface area (TPSA) is 106 Å². The highest BCUT2D eigenvalue weighted by atomic mass is 19.1. The number of rotatable bonds is 4. The van der Waals surface area contributed by atoms with Crippen molar-refractivity contribution in [2.45, 2.75) is 49.9 Å². The normalized spacial score (nSPS) is 22.6. The van der Waals surface area contributed by atoms with Gasteiger partial charge in [-0.05, 0) is 18.2 Å². The van der Waals surface area contributed by atoms with Crippen molar-refractivity contribution in [3.05, 3.63) is 41.5 Å². The molecule has 3 aliphatic heterocycles. The molecule has 9 nitrogen and oxygen atoms in total. The highest BCUT2D eigenvalue weighted by molar-refractivity contribution is 6.04. The Hall–Kier alpha value is -3.21. The number of hydrogen-bond acceptors (Lipinski definition) is 8. The minimum atomic E-state index is -1.88. The third-order valence-electron chi connectivity index (χ3n) is 7.22. The molecule has 0 bridgehead atoms. The van der Waals surface area contributed by atoms with Crippen molar-refractivity contribution in [1.29, 1.82) is 0 Å². The van der Waals surface area contributed by atoms with Crippen LogP contribution >= 0.6 is 0 Å². The van der Waals surface area contributed by atoms with E-state index in [-0.39, 0.29) is 24.7 Å². The van der Waals surface area contributed by atoms with Gasteiger partial charge in [0.25, 0.3) is 11.9 Å². The number of fused-ring (bicyclic) bond motifs is 1. The number of ether oxygens (including phenoxy) is 1. The second kappa shape index (κ2) is 9.10. The van der Waals surface area contributed by atoms with Crippen LogP contribution < -0.4 is 10.5 Å². The van der Waals surface area contributed by atoms with Crippen LogP contribution in [0.5, 0.6) is 5.75 Å². The Bertz CT molecular complexity index is 1120. The van der Waals surface area contributed by atoms with Gasteiger partial charge in [0.15, 0.2) is 5.67 Å². The number of carbonyl (C=O) groups excluding carboxylic acids is 1. The first-order valence-electron chi connectivity index (χ1n) is 11.8. The van der Waals surface area contributed by atoms with Crippen LogP contribution in [0.15, 0.2) is 34.0 Å². The summed E-state index contributed by atoms with van der Waals surface area (Å²) in [6.07, 6.45) is 3.22. The zero-order valence-corrected chi connectivity index (χ0v) is 19.6. The number of likely N-dealkylation sites (tertiary alicyclic amines) is 2. The number of anilines is 1. The lowest BCUT2D eigenvalue weighted by Gasteiger charge is -2.46. The van der Waals surface area contributed by atoms with E-state index in [9.17, 15) is 9.18 Å². The zero-order valence-electron chi connectivity index (χ0n) is 19.6. The molecular formula is C24H29F2N5O4. The molecule has 0 atom stereocenters. The molecule has 188 valence electrons. The predicted molar refractivity (Wildman–Crippen MR) is 123 cm³/mol. The van der Waals surface area contributed by atoms with E-state index in [1.807, 2.05) is 4.90 Å². The summed E-state index contributed by atoms with van der Waals surface area (Å²) in [6.45, 7) is 2.15. The number of aromatic nitrogens is 1. The highest BCUT2D eigenvalue weighted by Gasteiger charge is 2.48. The summed E-state index contributed by atoms with van der Waals surface area (Å²) in [5, 5.41) is 4.10. The quantitative estimate of drug-likeness (QED) is 0.658. The number of nitrogen functional groups attached to an aromatic ring is 1. The van der Waals surface area contributed by atoms with E-state index >= 15 is 4.39 Å². The minimum absolute atomic E-state index is 0.105. The van der Waals surface area contributed by atoms with E-state index < -0.39 is 17.2 Å². The van der Waals surface area contributed by atoms with Crippen molar-refractivity contribution in [3.8, 4) is 5.75 Å². The third kappa shape index (κ3) is 4.69. The van der Waals surface area contributed by atoms with Gasteiger partial charge in [-0.2, -0.15) is 4.98 Å². The summed E-state index contributed by atoms with van der Waals surface area (Å²) in [6, 6.07) is 4.42. The van der Waals surface area contributed by atoms with E-state index in [1.165, 1.54) is 25.5 Å². The standard InChI is InChI=1S/C24H29F2N5O4/c1-33-29-19-13-23(35-20-3-2-16(25)12-18(19)20)4-10-31(11-5-23)21(32)24(26)6-8-30(9-7-24)14-17-15-34-22(27)28-17/h2-3,12,15H,4-11,13-14H2,1H3,(H2,27,28)/b29-19+. The summed E-state index contributed by atoms with van der Waals surface area (Å²) in [5.41, 5.74) is 4.90. The molecule has 1 aromatic carbocycles. The lowest BCUT2D eigenvalue weighted by Crippen LogP contribution is -2.57. The van der Waals surface area contributed by atoms with E-state index in [2.05, 4.69) is 10.1 Å². The second-order valence-electron chi connectivity index (χ2n) is 9.53. The van der Waals surface area contributed by atoms with Crippen LogP contribution in [0.4, 0.5) is 14.8 Å². The number of carbonyl (C=O) groups is 1. The van der Waals surface area contributed by atoms with Gasteiger partial charge < -0.3 is 24.6 Å². The molecule has 3 aliphatic rings. The van der Waals surface area contributed by atoms with Gasteiger partial charge in [-0.25, -0.2) is 8.78 Å². The Morgan fingerprint density at radius 2 is 1.97 bits per heavy atom. The van der Waals surface area contributed by atoms with Gasteiger partial charge in [-0.3, -0.25) is 9.69 Å². The number of benzene rings is 1.